The summed E-state index contributed by atoms with van der Waals surface area (Å²) >= 11 is 0. The van der Waals surface area contributed by atoms with E-state index in [-0.39, 0.29) is 0 Å². The molecule has 1 atom stereocenters. The Morgan fingerprint density at radius 2 is 2.00 bits per heavy atom. The van der Waals surface area contributed by atoms with Crippen molar-refractivity contribution in [3.8, 4) is 5.75 Å². The highest BCUT2D eigenvalue weighted by molar-refractivity contribution is 5.33. The minimum Gasteiger partial charge on any atom is -0.496 e. The molecule has 3 heteroatoms. The molecule has 1 fully saturated rings. The molecule has 1 aromatic carbocycles. The van der Waals surface area contributed by atoms with Gasteiger partial charge in [-0.15, -0.1) is 0 Å². The molecule has 1 unspecified atom stereocenters. The third-order valence-electron chi connectivity index (χ3n) is 4.31. The van der Waals surface area contributed by atoms with E-state index in [9.17, 15) is 0 Å². The third-order valence-corrected chi connectivity index (χ3v) is 4.31. The molecule has 3 nitrogen and oxygen atoms in total. The number of benzene rings is 1. The molecule has 1 aromatic rings. The molecule has 0 bridgehead atoms. The van der Waals surface area contributed by atoms with Crippen LogP contribution in [0.25, 0.3) is 0 Å². The topological polar surface area (TPSA) is 38.5 Å². The van der Waals surface area contributed by atoms with E-state index in [4.69, 9.17) is 10.5 Å². The SMILES string of the molecule is COc1ccccc1CC(C)N1CCC(CN)CC1. The Balaban J connectivity index is 1.92. The molecule has 1 aliphatic heterocycles. The lowest BCUT2D eigenvalue weighted by atomic mass is 9.95. The fraction of sp³-hybridized carbons (Fsp3) is 0.625. The summed E-state index contributed by atoms with van der Waals surface area (Å²) in [5.41, 5.74) is 7.06. The van der Waals surface area contributed by atoms with Crippen LogP contribution in [-0.2, 0) is 6.42 Å². The van der Waals surface area contributed by atoms with Crippen LogP contribution in [0.2, 0.25) is 0 Å². The van der Waals surface area contributed by atoms with Crippen molar-refractivity contribution in [2.75, 3.05) is 26.7 Å². The second kappa shape index (κ2) is 6.92. The van der Waals surface area contributed by atoms with Crippen molar-refractivity contribution >= 4 is 0 Å². The quantitative estimate of drug-likeness (QED) is 0.885. The van der Waals surface area contributed by atoms with Gasteiger partial charge in [0.25, 0.3) is 0 Å². The summed E-state index contributed by atoms with van der Waals surface area (Å²) in [4.78, 5) is 2.58. The molecule has 0 aliphatic carbocycles. The van der Waals surface area contributed by atoms with E-state index in [2.05, 4.69) is 24.0 Å². The molecule has 0 saturated carbocycles. The summed E-state index contributed by atoms with van der Waals surface area (Å²) in [6.45, 7) is 5.51. The number of piperidine rings is 1. The summed E-state index contributed by atoms with van der Waals surface area (Å²) in [6, 6.07) is 8.89. The highest BCUT2D eigenvalue weighted by Gasteiger charge is 2.22. The average molecular weight is 262 g/mol. The molecular formula is C16H26N2O. The first-order valence-electron chi connectivity index (χ1n) is 7.30. The minimum absolute atomic E-state index is 0.565. The molecule has 0 radical (unpaired) electrons. The second-order valence-electron chi connectivity index (χ2n) is 5.58. The van der Waals surface area contributed by atoms with E-state index in [1.807, 2.05) is 12.1 Å². The summed E-state index contributed by atoms with van der Waals surface area (Å²) in [7, 11) is 1.75. The van der Waals surface area contributed by atoms with Gasteiger partial charge in [-0.3, -0.25) is 0 Å². The van der Waals surface area contributed by atoms with Crippen molar-refractivity contribution in [1.82, 2.24) is 4.90 Å². The molecule has 106 valence electrons. The highest BCUT2D eigenvalue weighted by Crippen LogP contribution is 2.23. The van der Waals surface area contributed by atoms with Crippen LogP contribution < -0.4 is 10.5 Å². The standard InChI is InChI=1S/C16H26N2O/c1-13(18-9-7-14(12-17)8-10-18)11-15-5-3-4-6-16(15)19-2/h3-6,13-14H,7-12,17H2,1-2H3. The number of nitrogens with zero attached hydrogens (tertiary/aromatic N) is 1. The Morgan fingerprint density at radius 3 is 2.63 bits per heavy atom. The van der Waals surface area contributed by atoms with Crippen LogP contribution in [0.15, 0.2) is 24.3 Å². The van der Waals surface area contributed by atoms with Gasteiger partial charge in [0.05, 0.1) is 7.11 Å². The van der Waals surface area contributed by atoms with E-state index in [0.29, 0.717) is 6.04 Å². The normalized spacial score (nSPS) is 19.3. The van der Waals surface area contributed by atoms with Crippen molar-refractivity contribution in [1.29, 1.82) is 0 Å². The zero-order valence-corrected chi connectivity index (χ0v) is 12.1. The van der Waals surface area contributed by atoms with E-state index in [0.717, 1.165) is 24.6 Å². The first-order valence-corrected chi connectivity index (χ1v) is 7.30. The van der Waals surface area contributed by atoms with Crippen molar-refractivity contribution in [3.63, 3.8) is 0 Å². The average Bonchev–Trinajstić information content (AvgIpc) is 2.48. The predicted octanol–water partition coefficient (Wildman–Crippen LogP) is 2.30. The Kier molecular flexibility index (Phi) is 5.23. The largest absolute Gasteiger partial charge is 0.496 e. The van der Waals surface area contributed by atoms with Crippen LogP contribution >= 0.6 is 0 Å². The van der Waals surface area contributed by atoms with E-state index >= 15 is 0 Å². The zero-order chi connectivity index (χ0) is 13.7. The van der Waals surface area contributed by atoms with Gasteiger partial charge in [0, 0.05) is 6.04 Å². The Morgan fingerprint density at radius 1 is 1.32 bits per heavy atom. The molecular weight excluding hydrogens is 236 g/mol. The second-order valence-corrected chi connectivity index (χ2v) is 5.58. The van der Waals surface area contributed by atoms with Crippen LogP contribution in [0, 0.1) is 5.92 Å². The van der Waals surface area contributed by atoms with Crippen LogP contribution in [-0.4, -0.2) is 37.7 Å². The summed E-state index contributed by atoms with van der Waals surface area (Å²) in [5.74, 6) is 1.74. The first-order chi connectivity index (χ1) is 9.24. The van der Waals surface area contributed by atoms with Gasteiger partial charge >= 0.3 is 0 Å². The van der Waals surface area contributed by atoms with Gasteiger partial charge in [-0.25, -0.2) is 0 Å². The third kappa shape index (κ3) is 3.71. The van der Waals surface area contributed by atoms with Gasteiger partial charge in [-0.05, 0) is 63.4 Å². The number of likely N-dealkylation sites (tertiary alicyclic amines) is 1. The molecule has 0 amide bonds. The van der Waals surface area contributed by atoms with Crippen molar-refractivity contribution in [2.24, 2.45) is 11.7 Å². The smallest absolute Gasteiger partial charge is 0.122 e. The minimum atomic E-state index is 0.565. The van der Waals surface area contributed by atoms with Crippen LogP contribution in [0.3, 0.4) is 0 Å². The lowest BCUT2D eigenvalue weighted by Gasteiger charge is -2.36. The maximum atomic E-state index is 5.75. The van der Waals surface area contributed by atoms with Crippen LogP contribution in [0.1, 0.15) is 25.3 Å². The molecule has 1 heterocycles. The Hall–Kier alpha value is -1.06. The Bertz CT molecular complexity index is 386. The lowest BCUT2D eigenvalue weighted by molar-refractivity contribution is 0.142. The van der Waals surface area contributed by atoms with Gasteiger partial charge in [0.1, 0.15) is 5.75 Å². The highest BCUT2D eigenvalue weighted by atomic mass is 16.5. The van der Waals surface area contributed by atoms with Crippen molar-refractivity contribution < 1.29 is 4.74 Å². The maximum Gasteiger partial charge on any atom is 0.122 e. The Labute approximate surface area is 116 Å². The fourth-order valence-corrected chi connectivity index (χ4v) is 2.95. The molecule has 1 aliphatic rings. The molecule has 0 aromatic heterocycles. The summed E-state index contributed by atoms with van der Waals surface area (Å²) < 4.78 is 5.43. The van der Waals surface area contributed by atoms with Gasteiger partial charge in [0.2, 0.25) is 0 Å². The van der Waals surface area contributed by atoms with Crippen LogP contribution in [0.5, 0.6) is 5.75 Å². The molecule has 2 rings (SSSR count). The monoisotopic (exact) mass is 262 g/mol. The van der Waals surface area contributed by atoms with Gasteiger partial charge in [-0.2, -0.15) is 0 Å². The van der Waals surface area contributed by atoms with Crippen LogP contribution in [0.4, 0.5) is 0 Å². The van der Waals surface area contributed by atoms with E-state index in [1.165, 1.54) is 31.5 Å². The van der Waals surface area contributed by atoms with E-state index in [1.54, 1.807) is 7.11 Å². The number of hydrogen-bond donors (Lipinski definition) is 1. The van der Waals surface area contributed by atoms with Gasteiger partial charge in [-0.1, -0.05) is 18.2 Å². The fourth-order valence-electron chi connectivity index (χ4n) is 2.95. The van der Waals surface area contributed by atoms with Gasteiger partial charge in [0.15, 0.2) is 0 Å². The first kappa shape index (κ1) is 14.4. The van der Waals surface area contributed by atoms with Crippen molar-refractivity contribution in [2.45, 2.75) is 32.2 Å². The molecule has 0 spiro atoms. The number of rotatable bonds is 5. The van der Waals surface area contributed by atoms with Crippen molar-refractivity contribution in [3.05, 3.63) is 29.8 Å². The number of methoxy groups -OCH3 is 1. The summed E-state index contributed by atoms with van der Waals surface area (Å²) in [6.07, 6.45) is 3.54. The maximum absolute atomic E-state index is 5.75. The molecule has 1 saturated heterocycles. The van der Waals surface area contributed by atoms with E-state index < -0.39 is 0 Å². The zero-order valence-electron chi connectivity index (χ0n) is 12.1. The predicted molar refractivity (Wildman–Crippen MR) is 79.5 cm³/mol. The number of ether oxygens (including phenoxy) is 1. The molecule has 2 N–H and O–H groups in total. The lowest BCUT2D eigenvalue weighted by Crippen LogP contribution is -2.42. The van der Waals surface area contributed by atoms with Gasteiger partial charge < -0.3 is 15.4 Å². The molecule has 19 heavy (non-hydrogen) atoms. The number of hydrogen-bond acceptors (Lipinski definition) is 3. The number of para-hydroxylation sites is 1. The number of nitrogens with two attached hydrogens (primary N) is 1. The summed E-state index contributed by atoms with van der Waals surface area (Å²) in [5, 5.41) is 0.